The molecule has 0 aromatic heterocycles. The predicted molar refractivity (Wildman–Crippen MR) is 73.8 cm³/mol. The highest BCUT2D eigenvalue weighted by atomic mass is 35.5. The van der Waals surface area contributed by atoms with Crippen molar-refractivity contribution in [2.75, 3.05) is 26.6 Å². The van der Waals surface area contributed by atoms with Crippen LogP contribution in [0.5, 0.6) is 11.5 Å². The molecule has 0 bridgehead atoms. The van der Waals surface area contributed by atoms with Gasteiger partial charge in [-0.15, -0.1) is 11.6 Å². The summed E-state index contributed by atoms with van der Waals surface area (Å²) in [5.41, 5.74) is 0.979. The van der Waals surface area contributed by atoms with Crippen LogP contribution < -0.4 is 9.47 Å². The summed E-state index contributed by atoms with van der Waals surface area (Å²) >= 11 is 5.82. The Morgan fingerprint density at radius 2 is 2.16 bits per heavy atom. The molecule has 0 spiro atoms. The minimum absolute atomic E-state index is 0.156. The summed E-state index contributed by atoms with van der Waals surface area (Å²) in [7, 11) is 3.23. The fourth-order valence-corrected chi connectivity index (χ4v) is 2.50. The van der Waals surface area contributed by atoms with Gasteiger partial charge in [0.25, 0.3) is 0 Å². The molecule has 4 nitrogen and oxygen atoms in total. The monoisotopic (exact) mass is 283 g/mol. The van der Waals surface area contributed by atoms with Gasteiger partial charge in [-0.1, -0.05) is 0 Å². The molecule has 1 fully saturated rings. The second kappa shape index (κ2) is 6.15. The van der Waals surface area contributed by atoms with Crippen LogP contribution in [0.2, 0.25) is 0 Å². The molecule has 1 atom stereocenters. The van der Waals surface area contributed by atoms with E-state index in [-0.39, 0.29) is 11.8 Å². The summed E-state index contributed by atoms with van der Waals surface area (Å²) in [5, 5.41) is 0. The van der Waals surface area contributed by atoms with Crippen LogP contribution in [-0.4, -0.2) is 37.5 Å². The van der Waals surface area contributed by atoms with Gasteiger partial charge in [0, 0.05) is 37.0 Å². The molecule has 104 valence electrons. The van der Waals surface area contributed by atoms with E-state index in [1.54, 1.807) is 14.2 Å². The summed E-state index contributed by atoms with van der Waals surface area (Å²) in [6, 6.07) is 5.63. The Bertz CT molecular complexity index is 464. The first kappa shape index (κ1) is 14.0. The summed E-state index contributed by atoms with van der Waals surface area (Å²) in [6.45, 7) is 1.27. The number of methoxy groups -OCH3 is 2. The SMILES string of the molecule is COc1ccc(CN2CC(CCl)CC2=O)c(OC)c1. The van der Waals surface area contributed by atoms with E-state index in [2.05, 4.69) is 0 Å². The minimum Gasteiger partial charge on any atom is -0.497 e. The Balaban J connectivity index is 2.13. The number of likely N-dealkylation sites (tertiary alicyclic amines) is 1. The molecule has 1 aromatic carbocycles. The third kappa shape index (κ3) is 3.13. The zero-order valence-corrected chi connectivity index (χ0v) is 11.9. The predicted octanol–water partition coefficient (Wildman–Crippen LogP) is 2.29. The van der Waals surface area contributed by atoms with Gasteiger partial charge in [0.1, 0.15) is 11.5 Å². The molecular formula is C14H18ClNO3. The standard InChI is InChI=1S/C14H18ClNO3/c1-18-12-4-3-11(13(6-12)19-2)9-16-8-10(7-15)5-14(16)17/h3-4,6,10H,5,7-9H2,1-2H3. The van der Waals surface area contributed by atoms with Crippen molar-refractivity contribution < 1.29 is 14.3 Å². The van der Waals surface area contributed by atoms with Crippen LogP contribution in [0, 0.1) is 5.92 Å². The van der Waals surface area contributed by atoms with E-state index in [0.717, 1.165) is 23.6 Å². The molecule has 1 amide bonds. The van der Waals surface area contributed by atoms with E-state index in [1.165, 1.54) is 0 Å². The first-order valence-corrected chi connectivity index (χ1v) is 6.76. The van der Waals surface area contributed by atoms with Gasteiger partial charge in [0.15, 0.2) is 0 Å². The summed E-state index contributed by atoms with van der Waals surface area (Å²) in [6.07, 6.45) is 0.544. The van der Waals surface area contributed by atoms with Crippen molar-refractivity contribution in [3.05, 3.63) is 23.8 Å². The van der Waals surface area contributed by atoms with Crippen LogP contribution in [-0.2, 0) is 11.3 Å². The Morgan fingerprint density at radius 3 is 2.74 bits per heavy atom. The highest BCUT2D eigenvalue weighted by Gasteiger charge is 2.29. The van der Waals surface area contributed by atoms with Crippen molar-refractivity contribution in [2.24, 2.45) is 5.92 Å². The molecule has 1 saturated heterocycles. The van der Waals surface area contributed by atoms with Crippen molar-refractivity contribution in [2.45, 2.75) is 13.0 Å². The molecule has 1 aliphatic heterocycles. The van der Waals surface area contributed by atoms with Gasteiger partial charge in [-0.3, -0.25) is 4.79 Å². The van der Waals surface area contributed by atoms with E-state index in [4.69, 9.17) is 21.1 Å². The van der Waals surface area contributed by atoms with Crippen molar-refractivity contribution in [1.29, 1.82) is 0 Å². The largest absolute Gasteiger partial charge is 0.497 e. The number of carbonyl (C=O) groups excluding carboxylic acids is 1. The number of ether oxygens (including phenoxy) is 2. The first-order chi connectivity index (χ1) is 9.17. The Hall–Kier alpha value is -1.42. The number of hydrogen-bond acceptors (Lipinski definition) is 3. The lowest BCUT2D eigenvalue weighted by Gasteiger charge is -2.18. The Morgan fingerprint density at radius 1 is 1.37 bits per heavy atom. The minimum atomic E-state index is 0.156. The molecule has 0 N–H and O–H groups in total. The van der Waals surface area contributed by atoms with Gasteiger partial charge in [0.05, 0.1) is 14.2 Å². The molecular weight excluding hydrogens is 266 g/mol. The van der Waals surface area contributed by atoms with E-state index in [9.17, 15) is 4.79 Å². The third-order valence-corrected chi connectivity index (χ3v) is 3.80. The molecule has 1 heterocycles. The Kier molecular flexibility index (Phi) is 4.53. The average molecular weight is 284 g/mol. The number of halogens is 1. The topological polar surface area (TPSA) is 38.8 Å². The lowest BCUT2D eigenvalue weighted by atomic mass is 10.1. The fourth-order valence-electron chi connectivity index (χ4n) is 2.30. The molecule has 1 aliphatic rings. The lowest BCUT2D eigenvalue weighted by molar-refractivity contribution is -0.128. The number of hydrogen-bond donors (Lipinski definition) is 0. The highest BCUT2D eigenvalue weighted by molar-refractivity contribution is 6.18. The van der Waals surface area contributed by atoms with E-state index < -0.39 is 0 Å². The summed E-state index contributed by atoms with van der Waals surface area (Å²) in [4.78, 5) is 13.7. The average Bonchev–Trinajstić information content (AvgIpc) is 2.80. The number of rotatable bonds is 5. The molecule has 1 aromatic rings. The molecule has 0 radical (unpaired) electrons. The summed E-state index contributed by atoms with van der Waals surface area (Å²) in [5.74, 6) is 2.43. The fraction of sp³-hybridized carbons (Fsp3) is 0.500. The quantitative estimate of drug-likeness (QED) is 0.778. The Labute approximate surface area is 118 Å². The zero-order valence-electron chi connectivity index (χ0n) is 11.2. The van der Waals surface area contributed by atoms with Crippen molar-refractivity contribution >= 4 is 17.5 Å². The maximum atomic E-state index is 11.9. The summed E-state index contributed by atoms with van der Waals surface area (Å²) < 4.78 is 10.5. The van der Waals surface area contributed by atoms with Crippen LogP contribution in [0.25, 0.3) is 0 Å². The van der Waals surface area contributed by atoms with Gasteiger partial charge < -0.3 is 14.4 Å². The number of benzene rings is 1. The van der Waals surface area contributed by atoms with Crippen LogP contribution in [0.3, 0.4) is 0 Å². The van der Waals surface area contributed by atoms with E-state index >= 15 is 0 Å². The third-order valence-electron chi connectivity index (χ3n) is 3.37. The lowest BCUT2D eigenvalue weighted by Crippen LogP contribution is -2.25. The normalized spacial score (nSPS) is 18.8. The van der Waals surface area contributed by atoms with Crippen LogP contribution in [0.15, 0.2) is 18.2 Å². The van der Waals surface area contributed by atoms with Gasteiger partial charge in [0.2, 0.25) is 5.91 Å². The van der Waals surface area contributed by atoms with Gasteiger partial charge in [-0.25, -0.2) is 0 Å². The highest BCUT2D eigenvalue weighted by Crippen LogP contribution is 2.28. The number of amides is 1. The second-order valence-corrected chi connectivity index (χ2v) is 4.99. The second-order valence-electron chi connectivity index (χ2n) is 4.68. The van der Waals surface area contributed by atoms with Gasteiger partial charge >= 0.3 is 0 Å². The van der Waals surface area contributed by atoms with Crippen molar-refractivity contribution in [1.82, 2.24) is 4.90 Å². The molecule has 0 aliphatic carbocycles. The molecule has 5 heteroatoms. The van der Waals surface area contributed by atoms with Crippen LogP contribution in [0.4, 0.5) is 0 Å². The van der Waals surface area contributed by atoms with Crippen LogP contribution >= 0.6 is 11.6 Å². The maximum Gasteiger partial charge on any atom is 0.223 e. The van der Waals surface area contributed by atoms with E-state index in [1.807, 2.05) is 23.1 Å². The molecule has 1 unspecified atom stereocenters. The first-order valence-electron chi connectivity index (χ1n) is 6.22. The van der Waals surface area contributed by atoms with Gasteiger partial charge in [-0.2, -0.15) is 0 Å². The number of carbonyl (C=O) groups is 1. The number of alkyl halides is 1. The molecule has 19 heavy (non-hydrogen) atoms. The molecule has 0 saturated carbocycles. The van der Waals surface area contributed by atoms with Gasteiger partial charge in [-0.05, 0) is 18.1 Å². The smallest absolute Gasteiger partial charge is 0.223 e. The number of nitrogens with zero attached hydrogens (tertiary/aromatic N) is 1. The van der Waals surface area contributed by atoms with Crippen LogP contribution in [0.1, 0.15) is 12.0 Å². The zero-order chi connectivity index (χ0) is 13.8. The molecule has 2 rings (SSSR count). The van der Waals surface area contributed by atoms with E-state index in [0.29, 0.717) is 18.8 Å². The maximum absolute atomic E-state index is 11.9. The van der Waals surface area contributed by atoms with Crippen molar-refractivity contribution in [3.63, 3.8) is 0 Å². The van der Waals surface area contributed by atoms with Crippen molar-refractivity contribution in [3.8, 4) is 11.5 Å².